The van der Waals surface area contributed by atoms with Gasteiger partial charge in [0.1, 0.15) is 11.5 Å². The van der Waals surface area contributed by atoms with Gasteiger partial charge in [-0.3, -0.25) is 0 Å². The average Bonchev–Trinajstić information content (AvgIpc) is 2.37. The Labute approximate surface area is 128 Å². The van der Waals surface area contributed by atoms with Crippen LogP contribution in [0.1, 0.15) is 26.5 Å². The van der Waals surface area contributed by atoms with Crippen LogP contribution in [0.5, 0.6) is 0 Å². The Morgan fingerprint density at radius 1 is 1.10 bits per heavy atom. The van der Waals surface area contributed by atoms with Crippen molar-refractivity contribution >= 4 is 29.0 Å². The monoisotopic (exact) mass is 310 g/mol. The molecule has 2 aromatic rings. The molecule has 0 aromatic carbocycles. The fourth-order valence-electron chi connectivity index (χ4n) is 1.64. The summed E-state index contributed by atoms with van der Waals surface area (Å²) in [4.78, 5) is 13.2. The van der Waals surface area contributed by atoms with Gasteiger partial charge in [-0.15, -0.1) is 0 Å². The summed E-state index contributed by atoms with van der Waals surface area (Å²) in [6, 6.07) is 3.56. The lowest BCUT2D eigenvalue weighted by atomic mass is 9.92. The van der Waals surface area contributed by atoms with Gasteiger partial charge in [-0.05, 0) is 6.07 Å². The number of nitrogens with one attached hydrogen (secondary N) is 1. The summed E-state index contributed by atoms with van der Waals surface area (Å²) in [5.41, 5.74) is 1.35. The zero-order chi connectivity index (χ0) is 14.9. The van der Waals surface area contributed by atoms with Crippen LogP contribution in [0.4, 0.5) is 5.82 Å². The fourth-order valence-corrected chi connectivity index (χ4v) is 2.11. The first-order chi connectivity index (χ1) is 9.31. The third-order valence-electron chi connectivity index (χ3n) is 2.77. The molecule has 2 aromatic heterocycles. The Balaban J connectivity index is 2.61. The second-order valence-electron chi connectivity index (χ2n) is 5.45. The Bertz CT molecular complexity index is 636. The van der Waals surface area contributed by atoms with Crippen molar-refractivity contribution in [2.75, 3.05) is 12.4 Å². The van der Waals surface area contributed by atoms with Gasteiger partial charge in [0.2, 0.25) is 0 Å². The van der Waals surface area contributed by atoms with Gasteiger partial charge in [0.05, 0.1) is 15.7 Å². The average molecular weight is 311 g/mol. The molecule has 0 saturated carbocycles. The van der Waals surface area contributed by atoms with Crippen LogP contribution < -0.4 is 5.32 Å². The Hall–Kier alpha value is -1.39. The lowest BCUT2D eigenvalue weighted by Gasteiger charge is -2.19. The zero-order valence-electron chi connectivity index (χ0n) is 11.8. The second-order valence-corrected chi connectivity index (χ2v) is 6.29. The summed E-state index contributed by atoms with van der Waals surface area (Å²) < 4.78 is 0. The summed E-state index contributed by atoms with van der Waals surface area (Å²) in [5, 5.41) is 3.95. The van der Waals surface area contributed by atoms with Crippen molar-refractivity contribution in [3.05, 3.63) is 34.1 Å². The van der Waals surface area contributed by atoms with Crippen LogP contribution >= 0.6 is 23.2 Å². The third-order valence-corrected chi connectivity index (χ3v) is 3.27. The number of pyridine rings is 1. The molecule has 0 aliphatic heterocycles. The zero-order valence-corrected chi connectivity index (χ0v) is 13.3. The van der Waals surface area contributed by atoms with Crippen LogP contribution in [-0.4, -0.2) is 22.0 Å². The first-order valence-corrected chi connectivity index (χ1v) is 6.95. The summed E-state index contributed by atoms with van der Waals surface area (Å²) in [6.07, 6.45) is 1.54. The van der Waals surface area contributed by atoms with Crippen molar-refractivity contribution in [3.63, 3.8) is 0 Å². The van der Waals surface area contributed by atoms with E-state index in [2.05, 4.69) is 41.0 Å². The minimum Gasteiger partial charge on any atom is -0.373 e. The third kappa shape index (κ3) is 3.19. The van der Waals surface area contributed by atoms with Gasteiger partial charge < -0.3 is 5.32 Å². The first kappa shape index (κ1) is 15.0. The van der Waals surface area contributed by atoms with Crippen LogP contribution in [-0.2, 0) is 5.41 Å². The van der Waals surface area contributed by atoms with Crippen molar-refractivity contribution in [1.82, 2.24) is 15.0 Å². The lowest BCUT2D eigenvalue weighted by molar-refractivity contribution is 0.568. The van der Waals surface area contributed by atoms with Gasteiger partial charge in [0, 0.05) is 24.7 Å². The lowest BCUT2D eigenvalue weighted by Crippen LogP contribution is -2.15. The second kappa shape index (κ2) is 5.54. The summed E-state index contributed by atoms with van der Waals surface area (Å²) in [5.74, 6) is 1.22. The van der Waals surface area contributed by atoms with Gasteiger partial charge >= 0.3 is 0 Å². The molecule has 0 aliphatic rings. The highest BCUT2D eigenvalue weighted by molar-refractivity contribution is 6.35. The standard InChI is InChI=1S/C14H16Cl2N4/c1-14(2,3)10-6-11(17-4)20-13(19-10)12-9(16)5-8(15)7-18-12/h5-7H,1-4H3,(H,17,19,20). The van der Waals surface area contributed by atoms with E-state index in [4.69, 9.17) is 23.2 Å². The number of halogens is 2. The highest BCUT2D eigenvalue weighted by Gasteiger charge is 2.19. The number of nitrogens with zero attached hydrogens (tertiary/aromatic N) is 3. The quantitative estimate of drug-likeness (QED) is 0.903. The van der Waals surface area contributed by atoms with Crippen LogP contribution in [0.3, 0.4) is 0 Å². The van der Waals surface area contributed by atoms with Crippen molar-refractivity contribution in [1.29, 1.82) is 0 Å². The Morgan fingerprint density at radius 3 is 2.35 bits per heavy atom. The molecular weight excluding hydrogens is 295 g/mol. The summed E-state index contributed by atoms with van der Waals surface area (Å²) in [7, 11) is 1.81. The molecule has 106 valence electrons. The first-order valence-electron chi connectivity index (χ1n) is 6.20. The predicted molar refractivity (Wildman–Crippen MR) is 83.5 cm³/mol. The molecule has 4 nitrogen and oxygen atoms in total. The van der Waals surface area contributed by atoms with Gasteiger partial charge in [-0.2, -0.15) is 0 Å². The summed E-state index contributed by atoms with van der Waals surface area (Å²) >= 11 is 12.0. The number of rotatable bonds is 2. The molecule has 0 fully saturated rings. The number of aromatic nitrogens is 3. The SMILES string of the molecule is CNc1cc(C(C)(C)C)nc(-c2ncc(Cl)cc2Cl)n1. The highest BCUT2D eigenvalue weighted by atomic mass is 35.5. The molecule has 0 radical (unpaired) electrons. The molecule has 6 heteroatoms. The van der Waals surface area contributed by atoms with Crippen molar-refractivity contribution < 1.29 is 0 Å². The highest BCUT2D eigenvalue weighted by Crippen LogP contribution is 2.29. The minimum atomic E-state index is -0.0950. The predicted octanol–water partition coefficient (Wildman–Crippen LogP) is 4.18. The summed E-state index contributed by atoms with van der Waals surface area (Å²) in [6.45, 7) is 6.28. The van der Waals surface area contributed by atoms with Crippen LogP contribution in [0.2, 0.25) is 10.0 Å². The molecular formula is C14H16Cl2N4. The maximum Gasteiger partial charge on any atom is 0.181 e. The number of hydrogen-bond donors (Lipinski definition) is 1. The number of hydrogen-bond acceptors (Lipinski definition) is 4. The molecule has 0 bridgehead atoms. The van der Waals surface area contributed by atoms with Crippen LogP contribution in [0.25, 0.3) is 11.5 Å². The van der Waals surface area contributed by atoms with E-state index < -0.39 is 0 Å². The van der Waals surface area contributed by atoms with E-state index in [1.54, 1.807) is 6.07 Å². The molecule has 0 amide bonds. The molecule has 2 heterocycles. The van der Waals surface area contributed by atoms with Crippen LogP contribution in [0.15, 0.2) is 18.3 Å². The number of anilines is 1. The largest absolute Gasteiger partial charge is 0.373 e. The van der Waals surface area contributed by atoms with Crippen molar-refractivity contribution in [3.8, 4) is 11.5 Å². The fraction of sp³-hybridized carbons (Fsp3) is 0.357. The molecule has 0 spiro atoms. The van der Waals surface area contributed by atoms with E-state index >= 15 is 0 Å². The van der Waals surface area contributed by atoms with E-state index in [0.717, 1.165) is 11.5 Å². The molecule has 0 saturated heterocycles. The topological polar surface area (TPSA) is 50.7 Å². The van der Waals surface area contributed by atoms with Gasteiger partial charge in [0.25, 0.3) is 0 Å². The van der Waals surface area contributed by atoms with Gasteiger partial charge in [-0.25, -0.2) is 15.0 Å². The molecule has 2 rings (SSSR count). The van der Waals surface area contributed by atoms with Crippen molar-refractivity contribution in [2.45, 2.75) is 26.2 Å². The normalized spacial score (nSPS) is 11.5. The molecule has 0 atom stereocenters. The maximum atomic E-state index is 6.18. The van der Waals surface area contributed by atoms with Gasteiger partial charge in [0.15, 0.2) is 5.82 Å². The Kier molecular flexibility index (Phi) is 4.16. The molecule has 0 aliphatic carbocycles. The molecule has 0 unspecified atom stereocenters. The molecule has 20 heavy (non-hydrogen) atoms. The molecule has 1 N–H and O–H groups in total. The maximum absolute atomic E-state index is 6.18. The van der Waals surface area contributed by atoms with Crippen molar-refractivity contribution in [2.24, 2.45) is 0 Å². The van der Waals surface area contributed by atoms with Gasteiger partial charge in [-0.1, -0.05) is 44.0 Å². The smallest absolute Gasteiger partial charge is 0.181 e. The van der Waals surface area contributed by atoms with E-state index in [0.29, 0.717) is 21.6 Å². The van der Waals surface area contributed by atoms with E-state index in [-0.39, 0.29) is 5.41 Å². The van der Waals surface area contributed by atoms with E-state index in [1.165, 1.54) is 6.20 Å². The van der Waals surface area contributed by atoms with E-state index in [1.807, 2.05) is 13.1 Å². The van der Waals surface area contributed by atoms with Crippen LogP contribution in [0, 0.1) is 0 Å². The minimum absolute atomic E-state index is 0.0950. The Morgan fingerprint density at radius 2 is 1.80 bits per heavy atom. The van der Waals surface area contributed by atoms with E-state index in [9.17, 15) is 0 Å².